The Morgan fingerprint density at radius 3 is 2.62 bits per heavy atom. The number of anilines is 1. The summed E-state index contributed by atoms with van der Waals surface area (Å²) < 4.78 is 1.80. The predicted molar refractivity (Wildman–Crippen MR) is 99.6 cm³/mol. The van der Waals surface area contributed by atoms with E-state index in [4.69, 9.17) is 0 Å². The number of amides is 1. The number of halogens is 2. The summed E-state index contributed by atoms with van der Waals surface area (Å²) in [6.45, 7) is 4.86. The van der Waals surface area contributed by atoms with E-state index in [9.17, 15) is 4.79 Å². The van der Waals surface area contributed by atoms with Gasteiger partial charge in [0.2, 0.25) is 5.91 Å². The van der Waals surface area contributed by atoms with Gasteiger partial charge in [-0.3, -0.25) is 4.79 Å². The number of carbonyl (C=O) groups is 1. The van der Waals surface area contributed by atoms with Crippen LogP contribution in [-0.2, 0) is 4.79 Å². The van der Waals surface area contributed by atoms with E-state index in [1.165, 1.54) is 0 Å². The molecule has 1 aliphatic rings. The predicted octanol–water partition coefficient (Wildman–Crippen LogP) is 2.81. The van der Waals surface area contributed by atoms with Gasteiger partial charge in [-0.2, -0.15) is 5.10 Å². The van der Waals surface area contributed by atoms with Crippen LogP contribution in [0.4, 0.5) is 5.69 Å². The van der Waals surface area contributed by atoms with Gasteiger partial charge < -0.3 is 10.6 Å². The van der Waals surface area contributed by atoms with Gasteiger partial charge in [0.1, 0.15) is 0 Å². The van der Waals surface area contributed by atoms with Crippen LogP contribution in [0.5, 0.6) is 0 Å². The first-order valence-electron chi connectivity index (χ1n) is 7.67. The number of pyridine rings is 1. The van der Waals surface area contributed by atoms with Crippen LogP contribution >= 0.6 is 24.8 Å². The van der Waals surface area contributed by atoms with E-state index in [-0.39, 0.29) is 36.8 Å². The highest BCUT2D eigenvalue weighted by Crippen LogP contribution is 2.14. The molecule has 132 valence electrons. The molecule has 0 aliphatic carbocycles. The first-order chi connectivity index (χ1) is 10.6. The second kappa shape index (κ2) is 9.01. The summed E-state index contributed by atoms with van der Waals surface area (Å²) in [6, 6.07) is 5.64. The molecule has 1 atom stereocenters. The van der Waals surface area contributed by atoms with Gasteiger partial charge in [0.05, 0.1) is 23.6 Å². The summed E-state index contributed by atoms with van der Waals surface area (Å²) in [5.41, 5.74) is 2.70. The molecule has 0 spiro atoms. The second-order valence-electron chi connectivity index (χ2n) is 5.74. The lowest BCUT2D eigenvalue weighted by Crippen LogP contribution is -2.43. The molecule has 2 aromatic rings. The van der Waals surface area contributed by atoms with Gasteiger partial charge in [-0.15, -0.1) is 24.8 Å². The third-order valence-corrected chi connectivity index (χ3v) is 3.87. The van der Waals surface area contributed by atoms with Crippen LogP contribution in [-0.4, -0.2) is 33.3 Å². The summed E-state index contributed by atoms with van der Waals surface area (Å²) in [5.74, 6) is 0.764. The molecule has 6 nitrogen and oxygen atoms in total. The summed E-state index contributed by atoms with van der Waals surface area (Å²) in [4.78, 5) is 16.5. The highest BCUT2D eigenvalue weighted by molar-refractivity contribution is 5.94. The molecule has 1 amide bonds. The van der Waals surface area contributed by atoms with Crippen molar-refractivity contribution in [2.75, 3.05) is 11.9 Å². The molecular weight excluding hydrogens is 349 g/mol. The molecule has 3 rings (SSSR count). The number of hydrogen-bond acceptors (Lipinski definition) is 4. The molecule has 8 heteroatoms. The Balaban J connectivity index is 0.00000144. The number of aromatic nitrogens is 3. The van der Waals surface area contributed by atoms with Gasteiger partial charge >= 0.3 is 0 Å². The maximum Gasteiger partial charge on any atom is 0.241 e. The van der Waals surface area contributed by atoms with Crippen molar-refractivity contribution in [2.24, 2.45) is 0 Å². The Labute approximate surface area is 154 Å². The largest absolute Gasteiger partial charge is 0.323 e. The third kappa shape index (κ3) is 4.69. The first-order valence-corrected chi connectivity index (χ1v) is 7.67. The van der Waals surface area contributed by atoms with Crippen molar-refractivity contribution >= 4 is 36.4 Å². The topological polar surface area (TPSA) is 71.8 Å². The van der Waals surface area contributed by atoms with E-state index in [1.54, 1.807) is 10.9 Å². The summed E-state index contributed by atoms with van der Waals surface area (Å²) in [5, 5.41) is 10.6. The fraction of sp³-hybridized carbons (Fsp3) is 0.438. The lowest BCUT2D eigenvalue weighted by molar-refractivity contribution is -0.118. The Bertz CT molecular complexity index is 666. The fourth-order valence-electron chi connectivity index (χ4n) is 2.75. The minimum atomic E-state index is -0.0931. The van der Waals surface area contributed by atoms with Gasteiger partial charge in [0.25, 0.3) is 0 Å². The monoisotopic (exact) mass is 371 g/mol. The average Bonchev–Trinajstić information content (AvgIpc) is 2.87. The maximum atomic E-state index is 12.2. The zero-order valence-corrected chi connectivity index (χ0v) is 15.4. The van der Waals surface area contributed by atoms with Crippen LogP contribution in [0, 0.1) is 13.8 Å². The molecule has 1 saturated heterocycles. The zero-order chi connectivity index (χ0) is 15.5. The minimum absolute atomic E-state index is 0. The van der Waals surface area contributed by atoms with E-state index in [1.807, 2.05) is 32.0 Å². The van der Waals surface area contributed by atoms with Crippen LogP contribution in [0.3, 0.4) is 0 Å². The molecule has 0 bridgehead atoms. The molecule has 1 fully saturated rings. The Hall–Kier alpha value is -1.63. The van der Waals surface area contributed by atoms with Crippen LogP contribution in [0.25, 0.3) is 5.82 Å². The van der Waals surface area contributed by atoms with Gasteiger partial charge in [-0.05, 0) is 51.4 Å². The second-order valence-corrected chi connectivity index (χ2v) is 5.74. The normalized spacial score (nSPS) is 16.7. The molecule has 0 saturated carbocycles. The Kier molecular flexibility index (Phi) is 7.66. The Morgan fingerprint density at radius 1 is 1.29 bits per heavy atom. The molecule has 2 aromatic heterocycles. The highest BCUT2D eigenvalue weighted by atomic mass is 35.5. The first kappa shape index (κ1) is 20.4. The van der Waals surface area contributed by atoms with Gasteiger partial charge in [0.15, 0.2) is 5.82 Å². The van der Waals surface area contributed by atoms with Crippen LogP contribution in [0.2, 0.25) is 0 Å². The number of rotatable bonds is 3. The number of piperidine rings is 1. The van der Waals surface area contributed by atoms with Crippen LogP contribution < -0.4 is 10.6 Å². The smallest absolute Gasteiger partial charge is 0.241 e. The molecule has 2 N–H and O–H groups in total. The summed E-state index contributed by atoms with van der Waals surface area (Å²) in [7, 11) is 0. The Morgan fingerprint density at radius 2 is 2.08 bits per heavy atom. The van der Waals surface area contributed by atoms with Crippen molar-refractivity contribution < 1.29 is 4.79 Å². The molecule has 0 radical (unpaired) electrons. The zero-order valence-electron chi connectivity index (χ0n) is 13.8. The van der Waals surface area contributed by atoms with Crippen molar-refractivity contribution in [2.45, 2.75) is 39.2 Å². The molecule has 24 heavy (non-hydrogen) atoms. The lowest BCUT2D eigenvalue weighted by Gasteiger charge is -2.22. The molecule has 1 aliphatic heterocycles. The van der Waals surface area contributed by atoms with E-state index in [0.717, 1.165) is 43.0 Å². The summed E-state index contributed by atoms with van der Waals surface area (Å²) in [6.07, 6.45) is 4.80. The quantitative estimate of drug-likeness (QED) is 0.869. The number of aryl methyl sites for hydroxylation is 2. The van der Waals surface area contributed by atoms with Crippen molar-refractivity contribution in [1.82, 2.24) is 20.1 Å². The minimum Gasteiger partial charge on any atom is -0.323 e. The highest BCUT2D eigenvalue weighted by Gasteiger charge is 2.20. The molecule has 1 unspecified atom stereocenters. The van der Waals surface area contributed by atoms with Gasteiger partial charge in [-0.1, -0.05) is 6.42 Å². The number of nitrogens with one attached hydrogen (secondary N) is 2. The fourth-order valence-corrected chi connectivity index (χ4v) is 2.75. The van der Waals surface area contributed by atoms with Crippen molar-refractivity contribution in [3.63, 3.8) is 0 Å². The molecular formula is C16H23Cl2N5O. The third-order valence-electron chi connectivity index (χ3n) is 3.87. The van der Waals surface area contributed by atoms with Crippen LogP contribution in [0.15, 0.2) is 24.4 Å². The number of carbonyl (C=O) groups excluding carboxylic acids is 1. The SMILES string of the molecule is Cc1cc(C)n(-c2ccc(NC(=O)C3CCCCN3)cn2)n1.Cl.Cl. The molecule has 0 aromatic carbocycles. The van der Waals surface area contributed by atoms with Crippen molar-refractivity contribution in [3.05, 3.63) is 35.8 Å². The van der Waals surface area contributed by atoms with Crippen molar-refractivity contribution in [3.8, 4) is 5.82 Å². The maximum absolute atomic E-state index is 12.2. The van der Waals surface area contributed by atoms with Gasteiger partial charge in [-0.25, -0.2) is 9.67 Å². The van der Waals surface area contributed by atoms with Gasteiger partial charge in [0, 0.05) is 5.69 Å². The number of hydrogen-bond donors (Lipinski definition) is 2. The van der Waals surface area contributed by atoms with E-state index < -0.39 is 0 Å². The number of nitrogens with zero attached hydrogens (tertiary/aromatic N) is 3. The van der Waals surface area contributed by atoms with E-state index in [2.05, 4.69) is 20.7 Å². The van der Waals surface area contributed by atoms with Crippen molar-refractivity contribution in [1.29, 1.82) is 0 Å². The van der Waals surface area contributed by atoms with E-state index in [0.29, 0.717) is 5.69 Å². The molecule has 3 heterocycles. The lowest BCUT2D eigenvalue weighted by atomic mass is 10.0. The average molecular weight is 372 g/mol. The van der Waals surface area contributed by atoms with Crippen LogP contribution in [0.1, 0.15) is 30.7 Å². The summed E-state index contributed by atoms with van der Waals surface area (Å²) >= 11 is 0. The standard InChI is InChI=1S/C16H21N5O.2ClH/c1-11-9-12(2)21(20-11)15-7-6-13(10-18-15)19-16(22)14-5-3-4-8-17-14;;/h6-7,9-10,14,17H,3-5,8H2,1-2H3,(H,19,22);2*1H. The van der Waals surface area contributed by atoms with E-state index >= 15 is 0 Å².